The predicted octanol–water partition coefficient (Wildman–Crippen LogP) is 3.64. The van der Waals surface area contributed by atoms with Gasteiger partial charge in [-0.05, 0) is 60.2 Å². The molecule has 3 N–H and O–H groups in total. The van der Waals surface area contributed by atoms with Crippen LogP contribution < -0.4 is 9.92 Å². The van der Waals surface area contributed by atoms with Gasteiger partial charge >= 0.3 is 10.1 Å². The summed E-state index contributed by atoms with van der Waals surface area (Å²) in [7, 11) is -4.04. The minimum Gasteiger partial charge on any atom is -0.508 e. The van der Waals surface area contributed by atoms with Gasteiger partial charge in [0.05, 0.1) is 0 Å². The second-order valence-corrected chi connectivity index (χ2v) is 7.47. The maximum absolute atomic E-state index is 12.4. The number of benzene rings is 3. The average Bonchev–Trinajstić information content (AvgIpc) is 2.67. The zero-order chi connectivity index (χ0) is 20.1. The summed E-state index contributed by atoms with van der Waals surface area (Å²) in [4.78, 5) is 12.3. The molecule has 7 heteroatoms. The normalized spacial score (nSPS) is 11.4. The third-order valence-corrected chi connectivity index (χ3v) is 5.07. The third-order valence-electron chi connectivity index (χ3n) is 3.81. The molecule has 3 aromatic carbocycles. The molecular weight excluding hydrogens is 378 g/mol. The zero-order valence-corrected chi connectivity index (χ0v) is 15.5. The summed E-state index contributed by atoms with van der Waals surface area (Å²) in [5.74, 6) is -0.153. The van der Waals surface area contributed by atoms with Crippen LogP contribution in [0.4, 0.5) is 5.69 Å². The van der Waals surface area contributed by atoms with Crippen LogP contribution in [0.3, 0.4) is 0 Å². The number of anilines is 1. The molecule has 0 unspecified atom stereocenters. The first-order valence-corrected chi connectivity index (χ1v) is 9.66. The van der Waals surface area contributed by atoms with E-state index in [1.54, 1.807) is 24.3 Å². The van der Waals surface area contributed by atoms with Gasteiger partial charge in [-0.25, -0.2) is 0 Å². The lowest BCUT2D eigenvalue weighted by Gasteiger charge is -2.08. The Labute approximate surface area is 162 Å². The second kappa shape index (κ2) is 7.98. The van der Waals surface area contributed by atoms with E-state index in [9.17, 15) is 18.3 Å². The van der Waals surface area contributed by atoms with Gasteiger partial charge in [0.15, 0.2) is 5.78 Å². The molecule has 3 rings (SSSR count). The lowest BCUT2D eigenvalue weighted by molar-refractivity contribution is 0.104. The van der Waals surface area contributed by atoms with Crippen LogP contribution in [-0.2, 0) is 10.1 Å². The number of rotatable bonds is 6. The number of phenolic OH excluding ortho intramolecular Hbond substituents is 1. The second-order valence-electron chi connectivity index (χ2n) is 5.92. The highest BCUT2D eigenvalue weighted by Crippen LogP contribution is 2.21. The van der Waals surface area contributed by atoms with Crippen LogP contribution in [0, 0.1) is 0 Å². The molecule has 0 saturated carbocycles. The smallest absolute Gasteiger partial charge is 0.339 e. The van der Waals surface area contributed by atoms with Gasteiger partial charge < -0.3 is 15.0 Å². The molecule has 0 heterocycles. The van der Waals surface area contributed by atoms with Crippen LogP contribution in [0.5, 0.6) is 11.5 Å². The van der Waals surface area contributed by atoms with Crippen LogP contribution >= 0.6 is 0 Å². The Morgan fingerprint density at radius 3 is 2.32 bits per heavy atom. The molecule has 0 radical (unpaired) electrons. The van der Waals surface area contributed by atoms with E-state index in [0.29, 0.717) is 5.69 Å². The number of ketones is 1. The lowest BCUT2D eigenvalue weighted by Crippen LogP contribution is -2.10. The topological polar surface area (TPSA) is 107 Å². The van der Waals surface area contributed by atoms with Gasteiger partial charge in [0.2, 0.25) is 0 Å². The monoisotopic (exact) mass is 395 g/mol. The fourth-order valence-corrected chi connectivity index (χ4v) is 3.29. The van der Waals surface area contributed by atoms with Gasteiger partial charge in [0, 0.05) is 11.3 Å². The highest BCUT2D eigenvalue weighted by atomic mass is 32.2. The number of aromatic hydroxyl groups is 1. The molecule has 0 saturated heterocycles. The molecule has 0 amide bonds. The Kier molecular flexibility index (Phi) is 5.47. The molecule has 0 aliphatic heterocycles. The Morgan fingerprint density at radius 2 is 1.64 bits per heavy atom. The van der Waals surface area contributed by atoms with E-state index in [1.807, 2.05) is 0 Å². The number of nitrogen functional groups attached to an aromatic ring is 1. The first kappa shape index (κ1) is 19.2. The Hall–Kier alpha value is -3.58. The predicted molar refractivity (Wildman–Crippen MR) is 107 cm³/mol. The molecule has 3 aromatic rings. The molecule has 0 spiro atoms. The number of allylic oxidation sites excluding steroid dienone is 1. The van der Waals surface area contributed by atoms with Gasteiger partial charge in [-0.2, -0.15) is 8.42 Å². The lowest BCUT2D eigenvalue weighted by atomic mass is 10.1. The third kappa shape index (κ3) is 4.77. The molecule has 0 atom stereocenters. The first-order valence-electron chi connectivity index (χ1n) is 8.25. The van der Waals surface area contributed by atoms with E-state index in [4.69, 9.17) is 9.92 Å². The van der Waals surface area contributed by atoms with Crippen molar-refractivity contribution < 1.29 is 22.5 Å². The van der Waals surface area contributed by atoms with Crippen LogP contribution in [0.15, 0.2) is 83.8 Å². The van der Waals surface area contributed by atoms with Gasteiger partial charge in [-0.3, -0.25) is 4.79 Å². The summed E-state index contributed by atoms with van der Waals surface area (Å²) in [6.07, 6.45) is 2.96. The Balaban J connectivity index is 1.77. The van der Waals surface area contributed by atoms with Crippen LogP contribution in [0.25, 0.3) is 6.08 Å². The van der Waals surface area contributed by atoms with Crippen molar-refractivity contribution >= 4 is 27.7 Å². The van der Waals surface area contributed by atoms with Gasteiger partial charge in [-0.1, -0.05) is 30.3 Å². The Bertz CT molecular complexity index is 1120. The molecule has 0 aliphatic carbocycles. The van der Waals surface area contributed by atoms with Crippen molar-refractivity contribution in [3.05, 3.63) is 90.0 Å². The largest absolute Gasteiger partial charge is 0.508 e. The number of phenols is 1. The fraction of sp³-hybridized carbons (Fsp3) is 0. The summed E-state index contributed by atoms with van der Waals surface area (Å²) in [5.41, 5.74) is 7.02. The van der Waals surface area contributed by atoms with E-state index in [-0.39, 0.29) is 27.7 Å². The summed E-state index contributed by atoms with van der Waals surface area (Å²) in [6.45, 7) is 0. The van der Waals surface area contributed by atoms with E-state index in [0.717, 1.165) is 5.56 Å². The highest BCUT2D eigenvalue weighted by Gasteiger charge is 2.17. The number of hydrogen-bond acceptors (Lipinski definition) is 6. The minimum absolute atomic E-state index is 0.0284. The summed E-state index contributed by atoms with van der Waals surface area (Å²) < 4.78 is 29.8. The van der Waals surface area contributed by atoms with Crippen LogP contribution in [-0.4, -0.2) is 19.3 Å². The van der Waals surface area contributed by atoms with Crippen molar-refractivity contribution in [3.63, 3.8) is 0 Å². The molecule has 0 aliphatic rings. The molecule has 0 fully saturated rings. The molecule has 0 bridgehead atoms. The summed E-state index contributed by atoms with van der Waals surface area (Å²) in [6, 6.07) is 17.9. The molecule has 142 valence electrons. The van der Waals surface area contributed by atoms with Crippen molar-refractivity contribution in [1.82, 2.24) is 0 Å². The number of carbonyl (C=O) groups excluding carboxylic acids is 1. The zero-order valence-electron chi connectivity index (χ0n) is 14.6. The van der Waals surface area contributed by atoms with E-state index in [1.165, 1.54) is 60.7 Å². The number of hydrogen-bond donors (Lipinski definition) is 2. The standard InChI is InChI=1S/C21H17NO5S/c22-17-7-11-20(12-8-17)28(25,26)27-19-3-1-2-16(14-19)21(24)13-6-15-4-9-18(23)10-5-15/h1-14,23H,22H2. The average molecular weight is 395 g/mol. The van der Waals surface area contributed by atoms with Crippen LogP contribution in [0.1, 0.15) is 15.9 Å². The van der Waals surface area contributed by atoms with E-state index >= 15 is 0 Å². The molecular formula is C21H17NO5S. The van der Waals surface area contributed by atoms with Gasteiger partial charge in [0.1, 0.15) is 16.4 Å². The van der Waals surface area contributed by atoms with E-state index < -0.39 is 10.1 Å². The van der Waals surface area contributed by atoms with E-state index in [2.05, 4.69) is 0 Å². The number of carbonyl (C=O) groups is 1. The quantitative estimate of drug-likeness (QED) is 0.286. The highest BCUT2D eigenvalue weighted by molar-refractivity contribution is 7.87. The Morgan fingerprint density at radius 1 is 0.964 bits per heavy atom. The molecule has 6 nitrogen and oxygen atoms in total. The van der Waals surface area contributed by atoms with Crippen molar-refractivity contribution in [2.45, 2.75) is 4.90 Å². The summed E-state index contributed by atoms with van der Waals surface area (Å²) >= 11 is 0. The van der Waals surface area contributed by atoms with Crippen molar-refractivity contribution in [2.75, 3.05) is 5.73 Å². The minimum atomic E-state index is -4.04. The van der Waals surface area contributed by atoms with Crippen molar-refractivity contribution in [3.8, 4) is 11.5 Å². The summed E-state index contributed by atoms with van der Waals surface area (Å²) in [5, 5.41) is 9.27. The van der Waals surface area contributed by atoms with Crippen molar-refractivity contribution in [1.29, 1.82) is 0 Å². The number of nitrogens with two attached hydrogens (primary N) is 1. The first-order chi connectivity index (χ1) is 13.3. The molecule has 0 aromatic heterocycles. The van der Waals surface area contributed by atoms with Gasteiger partial charge in [-0.15, -0.1) is 0 Å². The maximum Gasteiger partial charge on any atom is 0.339 e. The van der Waals surface area contributed by atoms with Gasteiger partial charge in [0.25, 0.3) is 0 Å². The SMILES string of the molecule is Nc1ccc(S(=O)(=O)Oc2cccc(C(=O)C=Cc3ccc(O)cc3)c2)cc1. The molecule has 28 heavy (non-hydrogen) atoms. The maximum atomic E-state index is 12.4. The van der Waals surface area contributed by atoms with Crippen LogP contribution in [0.2, 0.25) is 0 Å². The fourth-order valence-electron chi connectivity index (χ4n) is 2.36. The van der Waals surface area contributed by atoms with Crippen molar-refractivity contribution in [2.24, 2.45) is 0 Å².